The Kier molecular flexibility index (Phi) is 1.88. The molecule has 0 aliphatic carbocycles. The molecule has 0 saturated carbocycles. The molecule has 0 aromatic heterocycles. The maximum Gasteiger partial charge on any atom is 0.207 e. The van der Waals surface area contributed by atoms with Crippen LogP contribution in [0.15, 0.2) is 17.1 Å². The molecule has 50 valence electrons. The number of methoxy groups -OCH3 is 1. The van der Waals surface area contributed by atoms with Crippen LogP contribution < -0.4 is 0 Å². The molecule has 1 heterocycles. The van der Waals surface area contributed by atoms with E-state index in [9.17, 15) is 0 Å². The average molecular weight is 125 g/mol. The molecule has 2 heteroatoms. The van der Waals surface area contributed by atoms with Crippen molar-refractivity contribution in [2.45, 2.75) is 6.92 Å². The Morgan fingerprint density at radius 1 is 1.78 bits per heavy atom. The average Bonchev–Trinajstić information content (AvgIpc) is 1.90. The first-order valence-corrected chi connectivity index (χ1v) is 3.09. The second kappa shape index (κ2) is 2.67. The van der Waals surface area contributed by atoms with Crippen LogP contribution in [0.2, 0.25) is 0 Å². The third kappa shape index (κ3) is 1.56. The molecule has 1 unspecified atom stereocenters. The van der Waals surface area contributed by atoms with E-state index in [-0.39, 0.29) is 0 Å². The summed E-state index contributed by atoms with van der Waals surface area (Å²) in [5.74, 6) is 1.32. The molecule has 1 aliphatic heterocycles. The lowest BCUT2D eigenvalue weighted by Gasteiger charge is -2.08. The molecule has 0 saturated heterocycles. The van der Waals surface area contributed by atoms with E-state index in [1.807, 2.05) is 6.08 Å². The molecule has 1 aliphatic rings. The topological polar surface area (TPSA) is 21.6 Å². The summed E-state index contributed by atoms with van der Waals surface area (Å²) < 4.78 is 4.90. The van der Waals surface area contributed by atoms with Crippen molar-refractivity contribution in [2.24, 2.45) is 10.9 Å². The summed E-state index contributed by atoms with van der Waals surface area (Å²) in [6.45, 7) is 2.99. The van der Waals surface area contributed by atoms with Gasteiger partial charge in [-0.1, -0.05) is 13.0 Å². The van der Waals surface area contributed by atoms with Crippen LogP contribution >= 0.6 is 0 Å². The minimum Gasteiger partial charge on any atom is -0.481 e. The van der Waals surface area contributed by atoms with E-state index >= 15 is 0 Å². The second-order valence-corrected chi connectivity index (χ2v) is 2.22. The van der Waals surface area contributed by atoms with Gasteiger partial charge in [0.15, 0.2) is 0 Å². The molecule has 0 aromatic rings. The number of aliphatic imine (C=N–C) groups is 1. The maximum atomic E-state index is 4.90. The van der Waals surface area contributed by atoms with E-state index in [1.165, 1.54) is 0 Å². The van der Waals surface area contributed by atoms with E-state index in [0.717, 1.165) is 12.4 Å². The predicted octanol–water partition coefficient (Wildman–Crippen LogP) is 1.24. The summed E-state index contributed by atoms with van der Waals surface area (Å²) >= 11 is 0. The first-order chi connectivity index (χ1) is 4.33. The number of hydrogen-bond donors (Lipinski definition) is 0. The van der Waals surface area contributed by atoms with Crippen molar-refractivity contribution < 1.29 is 4.74 Å². The Balaban J connectivity index is 2.52. The number of nitrogens with zero attached hydrogens (tertiary/aromatic N) is 1. The van der Waals surface area contributed by atoms with Gasteiger partial charge in [-0.3, -0.25) is 4.99 Å². The monoisotopic (exact) mass is 125 g/mol. The second-order valence-electron chi connectivity index (χ2n) is 2.22. The Morgan fingerprint density at radius 3 is 3.00 bits per heavy atom. The highest BCUT2D eigenvalue weighted by atomic mass is 16.5. The van der Waals surface area contributed by atoms with Crippen LogP contribution in [0, 0.1) is 5.92 Å². The minimum absolute atomic E-state index is 0.573. The van der Waals surface area contributed by atoms with E-state index < -0.39 is 0 Å². The summed E-state index contributed by atoms with van der Waals surface area (Å²) in [6, 6.07) is 0. The number of hydrogen-bond acceptors (Lipinski definition) is 2. The van der Waals surface area contributed by atoms with Gasteiger partial charge < -0.3 is 4.74 Å². The lowest BCUT2D eigenvalue weighted by atomic mass is 10.1. The summed E-state index contributed by atoms with van der Waals surface area (Å²) in [5, 5.41) is 0. The fraction of sp³-hybridized carbons (Fsp3) is 0.571. The highest BCUT2D eigenvalue weighted by Gasteiger charge is 2.02. The molecule has 0 spiro atoms. The molecular weight excluding hydrogens is 114 g/mol. The molecule has 0 radical (unpaired) electrons. The zero-order valence-electron chi connectivity index (χ0n) is 5.79. The Bertz CT molecular complexity index is 149. The predicted molar refractivity (Wildman–Crippen MR) is 37.6 cm³/mol. The van der Waals surface area contributed by atoms with E-state index in [1.54, 1.807) is 7.11 Å². The number of rotatable bonds is 0. The van der Waals surface area contributed by atoms with Crippen molar-refractivity contribution in [1.82, 2.24) is 0 Å². The smallest absolute Gasteiger partial charge is 0.207 e. The fourth-order valence-electron chi connectivity index (χ4n) is 0.727. The zero-order chi connectivity index (χ0) is 6.69. The standard InChI is InChI=1S/C7H11NO/c1-6-3-4-7(9-2)8-5-6/h3-4,6H,5H2,1-2H3. The van der Waals surface area contributed by atoms with Gasteiger partial charge in [-0.25, -0.2) is 0 Å². The van der Waals surface area contributed by atoms with Gasteiger partial charge in [0.05, 0.1) is 7.11 Å². The molecule has 0 bridgehead atoms. The van der Waals surface area contributed by atoms with Gasteiger partial charge in [0.2, 0.25) is 5.90 Å². The number of dihydropyridines is 1. The fourth-order valence-corrected chi connectivity index (χ4v) is 0.727. The van der Waals surface area contributed by atoms with Crippen molar-refractivity contribution in [1.29, 1.82) is 0 Å². The number of ether oxygens (including phenoxy) is 1. The molecule has 0 fully saturated rings. The van der Waals surface area contributed by atoms with Crippen LogP contribution in [0.25, 0.3) is 0 Å². The van der Waals surface area contributed by atoms with Crippen molar-refractivity contribution in [3.05, 3.63) is 12.2 Å². The van der Waals surface area contributed by atoms with E-state index in [4.69, 9.17) is 4.74 Å². The summed E-state index contributed by atoms with van der Waals surface area (Å²) in [4.78, 5) is 4.14. The lowest BCUT2D eigenvalue weighted by molar-refractivity contribution is 0.401. The van der Waals surface area contributed by atoms with Crippen molar-refractivity contribution in [2.75, 3.05) is 13.7 Å². The van der Waals surface area contributed by atoms with Gasteiger partial charge in [-0.2, -0.15) is 0 Å². The SMILES string of the molecule is COC1=NCC(C)C=C1. The molecule has 9 heavy (non-hydrogen) atoms. The first-order valence-electron chi connectivity index (χ1n) is 3.09. The minimum atomic E-state index is 0.573. The van der Waals surface area contributed by atoms with Crippen molar-refractivity contribution in [3.8, 4) is 0 Å². The van der Waals surface area contributed by atoms with Gasteiger partial charge in [-0.05, 0) is 12.0 Å². The first kappa shape index (κ1) is 6.33. The van der Waals surface area contributed by atoms with Crippen molar-refractivity contribution in [3.63, 3.8) is 0 Å². The van der Waals surface area contributed by atoms with Crippen LogP contribution in [-0.4, -0.2) is 19.6 Å². The van der Waals surface area contributed by atoms with Crippen molar-refractivity contribution >= 4 is 5.90 Å². The molecule has 0 N–H and O–H groups in total. The van der Waals surface area contributed by atoms with E-state index in [2.05, 4.69) is 18.0 Å². The van der Waals surface area contributed by atoms with Gasteiger partial charge >= 0.3 is 0 Å². The Hall–Kier alpha value is -0.790. The molecule has 1 atom stereocenters. The largest absolute Gasteiger partial charge is 0.481 e. The quantitative estimate of drug-likeness (QED) is 0.477. The van der Waals surface area contributed by atoms with Gasteiger partial charge in [0, 0.05) is 6.54 Å². The highest BCUT2D eigenvalue weighted by Crippen LogP contribution is 2.04. The third-order valence-electron chi connectivity index (χ3n) is 1.31. The van der Waals surface area contributed by atoms with Crippen LogP contribution in [-0.2, 0) is 4.74 Å². The van der Waals surface area contributed by atoms with Crippen LogP contribution in [0.3, 0.4) is 0 Å². The molecular formula is C7H11NO. The van der Waals surface area contributed by atoms with E-state index in [0.29, 0.717) is 5.92 Å². The van der Waals surface area contributed by atoms with Crippen LogP contribution in [0.1, 0.15) is 6.92 Å². The third-order valence-corrected chi connectivity index (χ3v) is 1.31. The van der Waals surface area contributed by atoms with Gasteiger partial charge in [-0.15, -0.1) is 0 Å². The van der Waals surface area contributed by atoms with Gasteiger partial charge in [0.25, 0.3) is 0 Å². The summed E-state index contributed by atoms with van der Waals surface area (Å²) in [5.41, 5.74) is 0. The molecule has 0 amide bonds. The van der Waals surface area contributed by atoms with Crippen LogP contribution in [0.5, 0.6) is 0 Å². The normalized spacial score (nSPS) is 25.6. The maximum absolute atomic E-state index is 4.90. The Labute approximate surface area is 55.2 Å². The van der Waals surface area contributed by atoms with Gasteiger partial charge in [0.1, 0.15) is 0 Å². The highest BCUT2D eigenvalue weighted by molar-refractivity contribution is 5.88. The summed E-state index contributed by atoms with van der Waals surface area (Å²) in [7, 11) is 1.64. The molecule has 2 nitrogen and oxygen atoms in total. The summed E-state index contributed by atoms with van der Waals surface area (Å²) in [6.07, 6.45) is 4.01. The van der Waals surface area contributed by atoms with Crippen LogP contribution in [0.4, 0.5) is 0 Å². The lowest BCUT2D eigenvalue weighted by Crippen LogP contribution is -2.07. The molecule has 0 aromatic carbocycles. The molecule has 1 rings (SSSR count). The Morgan fingerprint density at radius 2 is 2.56 bits per heavy atom. The zero-order valence-corrected chi connectivity index (χ0v) is 5.79.